The van der Waals surface area contributed by atoms with Crippen LogP contribution in [0.4, 0.5) is 5.69 Å². The van der Waals surface area contributed by atoms with Gasteiger partial charge in [0.2, 0.25) is 5.91 Å². The molecule has 0 N–H and O–H groups in total. The third-order valence-electron chi connectivity index (χ3n) is 3.60. The fourth-order valence-electron chi connectivity index (χ4n) is 2.32. The van der Waals surface area contributed by atoms with E-state index in [1.54, 1.807) is 0 Å². The average molecular weight is 297 g/mol. The fourth-order valence-corrected chi connectivity index (χ4v) is 2.32. The molecular formula is C20H27NO. The molecule has 0 aliphatic heterocycles. The summed E-state index contributed by atoms with van der Waals surface area (Å²) in [5.41, 5.74) is 4.54. The van der Waals surface area contributed by atoms with Gasteiger partial charge >= 0.3 is 0 Å². The first-order chi connectivity index (χ1) is 10.6. The number of hydrogen-bond donors (Lipinski definition) is 0. The van der Waals surface area contributed by atoms with Gasteiger partial charge in [-0.2, -0.15) is 0 Å². The fraction of sp³-hybridized carbons (Fsp3) is 0.350. The number of nitrogens with zero attached hydrogens (tertiary/aromatic N) is 1. The Morgan fingerprint density at radius 1 is 0.909 bits per heavy atom. The van der Waals surface area contributed by atoms with Gasteiger partial charge in [0.05, 0.1) is 6.54 Å². The third kappa shape index (κ3) is 4.45. The van der Waals surface area contributed by atoms with Crippen LogP contribution in [0.2, 0.25) is 0 Å². The molecule has 0 spiro atoms. The van der Waals surface area contributed by atoms with Gasteiger partial charge in [0.15, 0.2) is 0 Å². The number of amides is 1. The molecule has 2 aromatic rings. The second-order valence-corrected chi connectivity index (χ2v) is 5.05. The summed E-state index contributed by atoms with van der Waals surface area (Å²) in [5, 5.41) is 0. The predicted octanol–water partition coefficient (Wildman–Crippen LogP) is 5.27. The third-order valence-corrected chi connectivity index (χ3v) is 3.60. The van der Waals surface area contributed by atoms with Gasteiger partial charge in [-0.25, -0.2) is 0 Å². The SMILES string of the molecule is CC.CCC(=O)N(Cc1ccccc1C)c1ccccc1C. The van der Waals surface area contributed by atoms with Crippen LogP contribution in [0.3, 0.4) is 0 Å². The second-order valence-electron chi connectivity index (χ2n) is 5.05. The zero-order chi connectivity index (χ0) is 16.5. The van der Waals surface area contributed by atoms with E-state index < -0.39 is 0 Å². The van der Waals surface area contributed by atoms with Crippen molar-refractivity contribution in [2.24, 2.45) is 0 Å². The smallest absolute Gasteiger partial charge is 0.227 e. The maximum absolute atomic E-state index is 12.3. The van der Waals surface area contributed by atoms with E-state index in [-0.39, 0.29) is 5.91 Å². The zero-order valence-electron chi connectivity index (χ0n) is 14.4. The molecule has 2 heteroatoms. The van der Waals surface area contributed by atoms with Crippen molar-refractivity contribution >= 4 is 11.6 Å². The minimum Gasteiger partial charge on any atom is -0.308 e. The number of carbonyl (C=O) groups excluding carboxylic acids is 1. The molecule has 0 aliphatic carbocycles. The normalized spacial score (nSPS) is 9.68. The van der Waals surface area contributed by atoms with E-state index in [0.29, 0.717) is 13.0 Å². The van der Waals surface area contributed by atoms with E-state index in [2.05, 4.69) is 19.1 Å². The number of rotatable bonds is 4. The van der Waals surface area contributed by atoms with Crippen LogP contribution < -0.4 is 4.90 Å². The number of anilines is 1. The van der Waals surface area contributed by atoms with Crippen LogP contribution in [0.25, 0.3) is 0 Å². The average Bonchev–Trinajstić information content (AvgIpc) is 2.56. The zero-order valence-corrected chi connectivity index (χ0v) is 14.4. The molecule has 118 valence electrons. The molecule has 0 radical (unpaired) electrons. The number of carbonyl (C=O) groups is 1. The molecule has 0 saturated heterocycles. The summed E-state index contributed by atoms with van der Waals surface area (Å²) < 4.78 is 0. The highest BCUT2D eigenvalue weighted by Gasteiger charge is 2.16. The first-order valence-corrected chi connectivity index (χ1v) is 8.04. The van der Waals surface area contributed by atoms with Gasteiger partial charge in [-0.1, -0.05) is 63.2 Å². The Morgan fingerprint density at radius 3 is 2.00 bits per heavy atom. The summed E-state index contributed by atoms with van der Waals surface area (Å²) in [6.07, 6.45) is 0.514. The molecule has 0 saturated carbocycles. The maximum atomic E-state index is 12.3. The van der Waals surface area contributed by atoms with Crippen LogP contribution in [0.1, 0.15) is 43.9 Å². The molecule has 1 amide bonds. The number of benzene rings is 2. The molecule has 0 unspecified atom stereocenters. The highest BCUT2D eigenvalue weighted by atomic mass is 16.2. The van der Waals surface area contributed by atoms with Gasteiger partial charge in [-0.15, -0.1) is 0 Å². The van der Waals surface area contributed by atoms with Crippen LogP contribution in [0.15, 0.2) is 48.5 Å². The van der Waals surface area contributed by atoms with E-state index in [9.17, 15) is 4.79 Å². The van der Waals surface area contributed by atoms with E-state index in [1.165, 1.54) is 11.1 Å². The lowest BCUT2D eigenvalue weighted by atomic mass is 10.1. The predicted molar refractivity (Wildman–Crippen MR) is 95.2 cm³/mol. The minimum absolute atomic E-state index is 0.155. The molecule has 22 heavy (non-hydrogen) atoms. The van der Waals surface area contributed by atoms with E-state index >= 15 is 0 Å². The van der Waals surface area contributed by atoms with E-state index in [1.807, 2.05) is 69.0 Å². The maximum Gasteiger partial charge on any atom is 0.227 e. The van der Waals surface area contributed by atoms with Crippen LogP contribution in [-0.4, -0.2) is 5.91 Å². The molecular weight excluding hydrogens is 270 g/mol. The molecule has 2 aromatic carbocycles. The highest BCUT2D eigenvalue weighted by molar-refractivity contribution is 5.93. The van der Waals surface area contributed by atoms with Gasteiger partial charge in [0.1, 0.15) is 0 Å². The van der Waals surface area contributed by atoms with Crippen LogP contribution in [-0.2, 0) is 11.3 Å². The minimum atomic E-state index is 0.155. The van der Waals surface area contributed by atoms with Gasteiger partial charge < -0.3 is 4.90 Å². The molecule has 0 aliphatic rings. The highest BCUT2D eigenvalue weighted by Crippen LogP contribution is 2.23. The van der Waals surface area contributed by atoms with Crippen molar-refractivity contribution in [3.63, 3.8) is 0 Å². The van der Waals surface area contributed by atoms with Crippen LogP contribution in [0, 0.1) is 13.8 Å². The Kier molecular flexibility index (Phi) is 7.38. The monoisotopic (exact) mass is 297 g/mol. The topological polar surface area (TPSA) is 20.3 Å². The molecule has 0 fully saturated rings. The van der Waals surface area contributed by atoms with Crippen LogP contribution in [0.5, 0.6) is 0 Å². The van der Waals surface area contributed by atoms with Gasteiger partial charge in [-0.3, -0.25) is 4.79 Å². The molecule has 0 bridgehead atoms. The van der Waals surface area contributed by atoms with Crippen molar-refractivity contribution < 1.29 is 4.79 Å². The summed E-state index contributed by atoms with van der Waals surface area (Å²) in [4.78, 5) is 14.2. The van der Waals surface area contributed by atoms with Crippen LogP contribution >= 0.6 is 0 Å². The summed E-state index contributed by atoms with van der Waals surface area (Å²) in [6.45, 7) is 10.7. The van der Waals surface area contributed by atoms with Gasteiger partial charge in [0.25, 0.3) is 0 Å². The first-order valence-electron chi connectivity index (χ1n) is 8.04. The Hall–Kier alpha value is -2.09. The van der Waals surface area contributed by atoms with Crippen molar-refractivity contribution in [2.75, 3.05) is 4.90 Å². The van der Waals surface area contributed by atoms with E-state index in [0.717, 1.165) is 11.3 Å². The molecule has 0 aromatic heterocycles. The van der Waals surface area contributed by atoms with Crippen molar-refractivity contribution in [1.82, 2.24) is 0 Å². The van der Waals surface area contributed by atoms with E-state index in [4.69, 9.17) is 0 Å². The Bertz CT molecular complexity index is 604. The van der Waals surface area contributed by atoms with Crippen molar-refractivity contribution in [3.8, 4) is 0 Å². The Labute approximate surface area is 134 Å². The van der Waals surface area contributed by atoms with Gasteiger partial charge in [-0.05, 0) is 36.6 Å². The lowest BCUT2D eigenvalue weighted by molar-refractivity contribution is -0.118. The van der Waals surface area contributed by atoms with Crippen molar-refractivity contribution in [3.05, 3.63) is 65.2 Å². The van der Waals surface area contributed by atoms with Crippen molar-refractivity contribution in [1.29, 1.82) is 0 Å². The lowest BCUT2D eigenvalue weighted by Gasteiger charge is -2.25. The summed E-state index contributed by atoms with van der Waals surface area (Å²) >= 11 is 0. The largest absolute Gasteiger partial charge is 0.308 e. The first kappa shape index (κ1) is 18.0. The number of hydrogen-bond acceptors (Lipinski definition) is 1. The molecule has 0 atom stereocenters. The number of para-hydroxylation sites is 1. The summed E-state index contributed by atoms with van der Waals surface area (Å²) in [6, 6.07) is 16.3. The molecule has 2 rings (SSSR count). The number of aryl methyl sites for hydroxylation is 2. The Morgan fingerprint density at radius 2 is 1.45 bits per heavy atom. The second kappa shape index (κ2) is 9.04. The quantitative estimate of drug-likeness (QED) is 0.752. The summed E-state index contributed by atoms with van der Waals surface area (Å²) in [5.74, 6) is 0.155. The van der Waals surface area contributed by atoms with Gasteiger partial charge in [0, 0.05) is 12.1 Å². The van der Waals surface area contributed by atoms with Crippen molar-refractivity contribution in [2.45, 2.75) is 47.6 Å². The molecule has 0 heterocycles. The summed E-state index contributed by atoms with van der Waals surface area (Å²) in [7, 11) is 0. The lowest BCUT2D eigenvalue weighted by Crippen LogP contribution is -2.30. The molecule has 2 nitrogen and oxygen atoms in total. The Balaban J connectivity index is 0.00000116. The standard InChI is InChI=1S/C18H21NO.C2H6/c1-4-18(20)19(17-12-8-6-10-15(17)3)13-16-11-7-5-9-14(16)2;1-2/h5-12H,4,13H2,1-3H3;1-2H3.